The van der Waals surface area contributed by atoms with Crippen LogP contribution >= 0.6 is 23.1 Å². The summed E-state index contributed by atoms with van der Waals surface area (Å²) in [7, 11) is 0. The average molecular weight is 351 g/mol. The Kier molecular flexibility index (Phi) is 4.62. The van der Waals surface area contributed by atoms with Crippen molar-refractivity contribution in [2.45, 2.75) is 38.3 Å². The van der Waals surface area contributed by atoms with Crippen LogP contribution < -0.4 is 0 Å². The number of nitrogens with zero attached hydrogens (tertiary/aromatic N) is 3. The lowest BCUT2D eigenvalue weighted by atomic mass is 10.0. The average Bonchev–Trinajstić information content (AvgIpc) is 2.80. The van der Waals surface area contributed by atoms with Gasteiger partial charge in [0.05, 0.1) is 24.5 Å². The number of hydrogen-bond donors (Lipinski definition) is 0. The van der Waals surface area contributed by atoms with Gasteiger partial charge >= 0.3 is 0 Å². The van der Waals surface area contributed by atoms with Gasteiger partial charge in [0.2, 0.25) is 5.91 Å². The van der Waals surface area contributed by atoms with Crippen LogP contribution in [0.25, 0.3) is 10.2 Å². The van der Waals surface area contributed by atoms with Gasteiger partial charge in [-0.05, 0) is 33.3 Å². The Bertz CT molecular complexity index is 742. The van der Waals surface area contributed by atoms with Gasteiger partial charge in [-0.15, -0.1) is 11.3 Å². The van der Waals surface area contributed by atoms with Gasteiger partial charge < -0.3 is 9.64 Å². The van der Waals surface area contributed by atoms with Crippen molar-refractivity contribution in [1.82, 2.24) is 14.9 Å². The number of hydrogen-bond acceptors (Lipinski definition) is 6. The summed E-state index contributed by atoms with van der Waals surface area (Å²) < 4.78 is 5.48. The fourth-order valence-electron chi connectivity index (χ4n) is 2.79. The molecule has 0 radical (unpaired) electrons. The van der Waals surface area contributed by atoms with Crippen LogP contribution in [0.15, 0.2) is 11.4 Å². The van der Waals surface area contributed by atoms with E-state index in [0.29, 0.717) is 25.5 Å². The summed E-state index contributed by atoms with van der Waals surface area (Å²) in [6.07, 6.45) is 1.59. The summed E-state index contributed by atoms with van der Waals surface area (Å²) in [5, 5.41) is 1.99. The van der Waals surface area contributed by atoms with Gasteiger partial charge in [-0.3, -0.25) is 4.79 Å². The third kappa shape index (κ3) is 3.22. The molecule has 0 N–H and O–H groups in total. The number of carbonyl (C=O) groups excluding carboxylic acids is 1. The molecule has 1 fully saturated rings. The van der Waals surface area contributed by atoms with E-state index in [9.17, 15) is 4.79 Å². The van der Waals surface area contributed by atoms with Crippen LogP contribution in [0.4, 0.5) is 0 Å². The minimum Gasteiger partial charge on any atom is -0.377 e. The molecule has 1 amide bonds. The third-order valence-corrected chi connectivity index (χ3v) is 6.30. The van der Waals surface area contributed by atoms with Gasteiger partial charge in [0.15, 0.2) is 0 Å². The molecule has 3 heterocycles. The molecule has 124 valence electrons. The lowest BCUT2D eigenvalue weighted by Gasteiger charge is -2.42. The fraction of sp³-hybridized carbons (Fsp3) is 0.562. The Morgan fingerprint density at radius 3 is 2.96 bits per heavy atom. The van der Waals surface area contributed by atoms with Gasteiger partial charge in [-0.25, -0.2) is 9.97 Å². The highest BCUT2D eigenvalue weighted by Gasteiger charge is 2.33. The number of aryl methyl sites for hydroxylation is 2. The Morgan fingerprint density at radius 2 is 2.22 bits per heavy atom. The molecule has 0 unspecified atom stereocenters. The molecule has 23 heavy (non-hydrogen) atoms. The Labute approximate surface area is 144 Å². The van der Waals surface area contributed by atoms with E-state index in [1.807, 2.05) is 18.7 Å². The quantitative estimate of drug-likeness (QED) is 0.628. The molecule has 0 bridgehead atoms. The first kappa shape index (κ1) is 16.7. The number of amides is 1. The number of rotatable bonds is 3. The van der Waals surface area contributed by atoms with Gasteiger partial charge in [0.25, 0.3) is 0 Å². The normalized spacial score (nSPS) is 17.7. The molecule has 3 rings (SSSR count). The van der Waals surface area contributed by atoms with Crippen LogP contribution in [0.3, 0.4) is 0 Å². The van der Waals surface area contributed by atoms with Gasteiger partial charge in [0.1, 0.15) is 16.2 Å². The van der Waals surface area contributed by atoms with E-state index in [4.69, 9.17) is 4.74 Å². The number of aromatic nitrogens is 2. The molecule has 1 aliphatic rings. The van der Waals surface area contributed by atoms with Crippen LogP contribution in [-0.2, 0) is 9.53 Å². The molecular formula is C16H21N3O2S2. The number of carbonyl (C=O) groups is 1. The van der Waals surface area contributed by atoms with Crippen molar-refractivity contribution in [1.29, 1.82) is 0 Å². The minimum absolute atomic E-state index is 0.139. The van der Waals surface area contributed by atoms with Gasteiger partial charge in [-0.1, -0.05) is 11.8 Å². The first-order valence-corrected chi connectivity index (χ1v) is 9.42. The second-order valence-corrected chi connectivity index (χ2v) is 8.51. The number of ether oxygens (including phenoxy) is 1. The predicted molar refractivity (Wildman–Crippen MR) is 94.2 cm³/mol. The van der Waals surface area contributed by atoms with Crippen molar-refractivity contribution >= 4 is 39.2 Å². The van der Waals surface area contributed by atoms with Crippen molar-refractivity contribution in [3.05, 3.63) is 16.8 Å². The van der Waals surface area contributed by atoms with E-state index in [2.05, 4.69) is 23.8 Å². The molecule has 0 spiro atoms. The maximum Gasteiger partial charge on any atom is 0.233 e. The molecule has 0 atom stereocenters. The van der Waals surface area contributed by atoms with E-state index >= 15 is 0 Å². The molecule has 0 saturated carbocycles. The van der Waals surface area contributed by atoms with Crippen LogP contribution in [0.1, 0.15) is 24.3 Å². The molecular weight excluding hydrogens is 330 g/mol. The zero-order valence-corrected chi connectivity index (χ0v) is 15.5. The molecule has 2 aromatic heterocycles. The fourth-order valence-corrected chi connectivity index (χ4v) is 4.78. The first-order valence-electron chi connectivity index (χ1n) is 7.62. The van der Waals surface area contributed by atoms with Crippen molar-refractivity contribution in [2.24, 2.45) is 0 Å². The van der Waals surface area contributed by atoms with Gasteiger partial charge in [-0.2, -0.15) is 0 Å². The van der Waals surface area contributed by atoms with Crippen molar-refractivity contribution in [2.75, 3.05) is 25.5 Å². The highest BCUT2D eigenvalue weighted by Crippen LogP contribution is 2.34. The van der Waals surface area contributed by atoms with Crippen molar-refractivity contribution < 1.29 is 9.53 Å². The van der Waals surface area contributed by atoms with E-state index in [0.717, 1.165) is 15.2 Å². The highest BCUT2D eigenvalue weighted by molar-refractivity contribution is 8.00. The monoisotopic (exact) mass is 351 g/mol. The van der Waals surface area contributed by atoms with Crippen molar-refractivity contribution in [3.63, 3.8) is 0 Å². The van der Waals surface area contributed by atoms with Crippen LogP contribution in [0.2, 0.25) is 0 Å². The Morgan fingerprint density at radius 1 is 1.43 bits per heavy atom. The SMILES string of the molecule is Cc1sc2ncnc(SCC(=O)N3CCOCC3(C)C)c2c1C. The topological polar surface area (TPSA) is 55.3 Å². The molecule has 5 nitrogen and oxygen atoms in total. The second-order valence-electron chi connectivity index (χ2n) is 6.34. The van der Waals surface area contributed by atoms with Gasteiger partial charge in [0, 0.05) is 16.8 Å². The van der Waals surface area contributed by atoms with E-state index < -0.39 is 0 Å². The summed E-state index contributed by atoms with van der Waals surface area (Å²) in [4.78, 5) is 25.5. The van der Waals surface area contributed by atoms with E-state index in [1.165, 1.54) is 22.2 Å². The summed E-state index contributed by atoms with van der Waals surface area (Å²) in [6, 6.07) is 0. The van der Waals surface area contributed by atoms with Crippen LogP contribution in [-0.4, -0.2) is 51.8 Å². The smallest absolute Gasteiger partial charge is 0.233 e. The Balaban J connectivity index is 1.77. The molecule has 1 saturated heterocycles. The lowest BCUT2D eigenvalue weighted by Crippen LogP contribution is -2.56. The number of morpholine rings is 1. The largest absolute Gasteiger partial charge is 0.377 e. The third-order valence-electron chi connectivity index (χ3n) is 4.21. The molecule has 7 heteroatoms. The number of thioether (sulfide) groups is 1. The number of fused-ring (bicyclic) bond motifs is 1. The first-order chi connectivity index (χ1) is 10.9. The summed E-state index contributed by atoms with van der Waals surface area (Å²) >= 11 is 3.18. The zero-order valence-electron chi connectivity index (χ0n) is 13.9. The highest BCUT2D eigenvalue weighted by atomic mass is 32.2. The number of thiophene rings is 1. The zero-order chi connectivity index (χ0) is 16.6. The Hall–Kier alpha value is -1.18. The van der Waals surface area contributed by atoms with Crippen LogP contribution in [0.5, 0.6) is 0 Å². The lowest BCUT2D eigenvalue weighted by molar-refractivity contribution is -0.143. The molecule has 0 aromatic carbocycles. The molecule has 0 aliphatic carbocycles. The summed E-state index contributed by atoms with van der Waals surface area (Å²) in [5.41, 5.74) is 0.971. The summed E-state index contributed by atoms with van der Waals surface area (Å²) in [6.45, 7) is 10.1. The van der Waals surface area contributed by atoms with Crippen molar-refractivity contribution in [3.8, 4) is 0 Å². The molecule has 2 aromatic rings. The minimum atomic E-state index is -0.244. The van der Waals surface area contributed by atoms with Crippen LogP contribution in [0, 0.1) is 13.8 Å². The maximum atomic E-state index is 12.6. The maximum absolute atomic E-state index is 12.6. The summed E-state index contributed by atoms with van der Waals surface area (Å²) in [5.74, 6) is 0.531. The standard InChI is InChI=1S/C16H21N3O2S2/c1-10-11(2)23-15-13(10)14(17-9-18-15)22-7-12(20)19-5-6-21-8-16(19,3)4/h9H,5-8H2,1-4H3. The van der Waals surface area contributed by atoms with E-state index in [1.54, 1.807) is 17.7 Å². The molecule has 1 aliphatic heterocycles. The second kappa shape index (κ2) is 6.37. The predicted octanol–water partition coefficient (Wildman–Crippen LogP) is 3.04. The van der Waals surface area contributed by atoms with E-state index in [-0.39, 0.29) is 11.4 Å².